The molecule has 0 bridgehead atoms. The van der Waals surface area contributed by atoms with Crippen molar-refractivity contribution in [2.75, 3.05) is 0 Å². The number of hydrogen-bond donors (Lipinski definition) is 1. The predicted molar refractivity (Wildman–Crippen MR) is 131 cm³/mol. The van der Waals surface area contributed by atoms with Crippen molar-refractivity contribution < 1.29 is 9.90 Å². The van der Waals surface area contributed by atoms with Gasteiger partial charge in [-0.1, -0.05) is 62.9 Å². The van der Waals surface area contributed by atoms with Gasteiger partial charge in [-0.25, -0.2) is 4.98 Å². The molecular weight excluding hydrogens is 416 g/mol. The summed E-state index contributed by atoms with van der Waals surface area (Å²) in [6, 6.07) is 17.1. The average molecular weight is 445 g/mol. The molecule has 0 aliphatic carbocycles. The second-order valence-electron chi connectivity index (χ2n) is 9.72. The molecule has 0 saturated carbocycles. The number of fused-ring (bicyclic) bond motifs is 4. The quantitative estimate of drug-likeness (QED) is 0.368. The Kier molecular flexibility index (Phi) is 5.25. The molecule has 32 heavy (non-hydrogen) atoms. The van der Waals surface area contributed by atoms with Gasteiger partial charge in [0.25, 0.3) is 0 Å². The van der Waals surface area contributed by atoms with Crippen LogP contribution in [0, 0.1) is 0 Å². The fourth-order valence-corrected chi connectivity index (χ4v) is 6.24. The largest absolute Gasteiger partial charge is 0.481 e. The van der Waals surface area contributed by atoms with E-state index >= 15 is 0 Å². The van der Waals surface area contributed by atoms with Crippen LogP contribution in [0.15, 0.2) is 64.5 Å². The molecule has 5 rings (SSSR count). The van der Waals surface area contributed by atoms with E-state index in [-0.39, 0.29) is 17.8 Å². The zero-order valence-corrected chi connectivity index (χ0v) is 19.6. The third-order valence-electron chi connectivity index (χ3n) is 6.43. The second-order valence-corrected chi connectivity index (χ2v) is 10.8. The van der Waals surface area contributed by atoms with E-state index in [1.54, 1.807) is 11.8 Å². The number of aromatic nitrogens is 2. The van der Waals surface area contributed by atoms with Crippen LogP contribution in [0.25, 0.3) is 21.8 Å². The zero-order chi connectivity index (χ0) is 22.5. The number of aryl methyl sites for hydroxylation is 1. The van der Waals surface area contributed by atoms with Crippen molar-refractivity contribution in [2.45, 2.75) is 67.7 Å². The van der Waals surface area contributed by atoms with E-state index in [2.05, 4.69) is 73.9 Å². The van der Waals surface area contributed by atoms with E-state index in [4.69, 9.17) is 4.98 Å². The summed E-state index contributed by atoms with van der Waals surface area (Å²) in [4.78, 5) is 18.8. The Morgan fingerprint density at radius 2 is 1.94 bits per heavy atom. The molecule has 4 nitrogen and oxygen atoms in total. The highest BCUT2D eigenvalue weighted by Gasteiger charge is 2.32. The Hall–Kier alpha value is -2.79. The monoisotopic (exact) mass is 444 g/mol. The lowest BCUT2D eigenvalue weighted by Gasteiger charge is -2.25. The van der Waals surface area contributed by atoms with E-state index in [0.29, 0.717) is 0 Å². The Morgan fingerprint density at radius 1 is 1.16 bits per heavy atom. The summed E-state index contributed by atoms with van der Waals surface area (Å²) in [6.45, 7) is 7.59. The van der Waals surface area contributed by atoms with E-state index < -0.39 is 5.97 Å². The molecule has 4 aromatic rings. The molecule has 1 unspecified atom stereocenters. The highest BCUT2D eigenvalue weighted by atomic mass is 32.2. The molecule has 0 fully saturated rings. The minimum Gasteiger partial charge on any atom is -0.481 e. The standard InChI is InChI=1S/C27H28N2O2S/c1-27(2,3)21-12-13-28-26-23(21)25(24-19(16-22(30)31)9-6-14-29(24)26)32-20-11-10-17-7-4-5-8-18(17)15-20/h4-5,7-8,10-13,15,19H,6,9,14,16H2,1-3H3,(H,30,31). The maximum atomic E-state index is 11.7. The fourth-order valence-electron chi connectivity index (χ4n) is 5.00. The highest BCUT2D eigenvalue weighted by molar-refractivity contribution is 7.99. The first-order valence-corrected chi connectivity index (χ1v) is 12.0. The number of nitrogens with zero attached hydrogens (tertiary/aromatic N) is 2. The smallest absolute Gasteiger partial charge is 0.304 e. The molecule has 5 heteroatoms. The number of carboxylic acid groups (broad SMARTS) is 1. The first-order valence-electron chi connectivity index (χ1n) is 11.2. The second kappa shape index (κ2) is 7.96. The summed E-state index contributed by atoms with van der Waals surface area (Å²) in [5.41, 5.74) is 3.36. The number of carboxylic acids is 1. The molecule has 3 heterocycles. The van der Waals surface area contributed by atoms with Crippen molar-refractivity contribution in [3.63, 3.8) is 0 Å². The van der Waals surface area contributed by atoms with Gasteiger partial charge in [0.2, 0.25) is 0 Å². The lowest BCUT2D eigenvalue weighted by molar-refractivity contribution is -0.137. The molecular formula is C27H28N2O2S. The van der Waals surface area contributed by atoms with E-state index in [9.17, 15) is 9.90 Å². The number of benzene rings is 2. The Morgan fingerprint density at radius 3 is 2.69 bits per heavy atom. The van der Waals surface area contributed by atoms with Crippen LogP contribution in [0.5, 0.6) is 0 Å². The minimum atomic E-state index is -0.737. The predicted octanol–water partition coefficient (Wildman–Crippen LogP) is 6.99. The highest BCUT2D eigenvalue weighted by Crippen LogP contribution is 2.48. The topological polar surface area (TPSA) is 55.1 Å². The van der Waals surface area contributed by atoms with Crippen LogP contribution in [0.2, 0.25) is 0 Å². The number of pyridine rings is 1. The van der Waals surface area contributed by atoms with Crippen molar-refractivity contribution in [3.05, 3.63) is 66.0 Å². The van der Waals surface area contributed by atoms with Gasteiger partial charge in [0.1, 0.15) is 5.65 Å². The summed E-state index contributed by atoms with van der Waals surface area (Å²) in [7, 11) is 0. The Bertz CT molecular complexity index is 1330. The third-order valence-corrected chi connectivity index (χ3v) is 7.54. The van der Waals surface area contributed by atoms with Gasteiger partial charge in [0.05, 0.1) is 6.42 Å². The summed E-state index contributed by atoms with van der Waals surface area (Å²) in [5.74, 6) is -0.731. The molecule has 1 aliphatic heterocycles. The fraction of sp³-hybridized carbons (Fsp3) is 0.333. The summed E-state index contributed by atoms with van der Waals surface area (Å²) in [5, 5.41) is 13.2. The van der Waals surface area contributed by atoms with Crippen LogP contribution in [-0.2, 0) is 16.8 Å². The molecule has 0 amide bonds. The summed E-state index contributed by atoms with van der Waals surface area (Å²) in [6.07, 6.45) is 3.95. The van der Waals surface area contributed by atoms with Crippen molar-refractivity contribution in [1.82, 2.24) is 9.55 Å². The summed E-state index contributed by atoms with van der Waals surface area (Å²) >= 11 is 1.76. The van der Waals surface area contributed by atoms with Crippen molar-refractivity contribution >= 4 is 39.5 Å². The molecule has 1 atom stereocenters. The molecule has 2 aromatic heterocycles. The zero-order valence-electron chi connectivity index (χ0n) is 18.8. The van der Waals surface area contributed by atoms with Gasteiger partial charge in [-0.15, -0.1) is 0 Å². The molecule has 164 valence electrons. The molecule has 0 spiro atoms. The number of carbonyl (C=O) groups is 1. The number of hydrogen-bond acceptors (Lipinski definition) is 3. The SMILES string of the molecule is CC(C)(C)c1ccnc2c1c(Sc1ccc3ccccc3c1)c1n2CCCC1CC(=O)O. The molecule has 0 radical (unpaired) electrons. The van der Waals surface area contributed by atoms with Crippen LogP contribution in [0.3, 0.4) is 0 Å². The van der Waals surface area contributed by atoms with Crippen LogP contribution < -0.4 is 0 Å². The average Bonchev–Trinajstić information content (AvgIpc) is 3.07. The first-order chi connectivity index (χ1) is 15.3. The first kappa shape index (κ1) is 21.1. The van der Waals surface area contributed by atoms with Crippen LogP contribution in [-0.4, -0.2) is 20.6 Å². The van der Waals surface area contributed by atoms with E-state index in [0.717, 1.165) is 30.7 Å². The maximum Gasteiger partial charge on any atom is 0.304 e. The normalized spacial score (nSPS) is 16.4. The van der Waals surface area contributed by atoms with Gasteiger partial charge in [0.15, 0.2) is 0 Å². The summed E-state index contributed by atoms with van der Waals surface area (Å²) < 4.78 is 2.30. The van der Waals surface area contributed by atoms with Gasteiger partial charge < -0.3 is 9.67 Å². The van der Waals surface area contributed by atoms with Crippen molar-refractivity contribution in [1.29, 1.82) is 0 Å². The van der Waals surface area contributed by atoms with Crippen molar-refractivity contribution in [2.24, 2.45) is 0 Å². The van der Waals surface area contributed by atoms with Crippen LogP contribution in [0.4, 0.5) is 0 Å². The number of rotatable bonds is 4. The molecule has 0 saturated heterocycles. The lowest BCUT2D eigenvalue weighted by atomic mass is 9.85. The molecule has 2 aromatic carbocycles. The Labute approximate surface area is 192 Å². The van der Waals surface area contributed by atoms with E-state index in [1.165, 1.54) is 31.5 Å². The molecule has 1 aliphatic rings. The number of aliphatic carboxylic acids is 1. The maximum absolute atomic E-state index is 11.7. The van der Waals surface area contributed by atoms with Crippen LogP contribution in [0.1, 0.15) is 57.2 Å². The van der Waals surface area contributed by atoms with Gasteiger partial charge >= 0.3 is 5.97 Å². The van der Waals surface area contributed by atoms with Gasteiger partial charge in [0, 0.05) is 39.5 Å². The van der Waals surface area contributed by atoms with Gasteiger partial charge in [-0.05, 0) is 52.8 Å². The van der Waals surface area contributed by atoms with Gasteiger partial charge in [-0.2, -0.15) is 0 Å². The molecule has 1 N–H and O–H groups in total. The van der Waals surface area contributed by atoms with Gasteiger partial charge in [-0.3, -0.25) is 4.79 Å². The lowest BCUT2D eigenvalue weighted by Crippen LogP contribution is -2.18. The Balaban J connectivity index is 1.75. The minimum absolute atomic E-state index is 0.00576. The van der Waals surface area contributed by atoms with Crippen LogP contribution >= 0.6 is 11.8 Å². The third kappa shape index (κ3) is 3.69. The van der Waals surface area contributed by atoms with E-state index in [1.807, 2.05) is 6.20 Å². The van der Waals surface area contributed by atoms with Crippen molar-refractivity contribution in [3.8, 4) is 0 Å².